The van der Waals surface area contributed by atoms with E-state index < -0.39 is 11.9 Å². The predicted molar refractivity (Wildman–Crippen MR) is 70.0 cm³/mol. The van der Waals surface area contributed by atoms with Crippen LogP contribution in [0.4, 0.5) is 4.39 Å². The fourth-order valence-corrected chi connectivity index (χ4v) is 2.02. The quantitative estimate of drug-likeness (QED) is 0.764. The van der Waals surface area contributed by atoms with Crippen LogP contribution in [0.15, 0.2) is 55.0 Å². The molecule has 3 nitrogen and oxygen atoms in total. The number of aromatic nitrogens is 2. The zero-order chi connectivity index (χ0) is 13.2. The lowest BCUT2D eigenvalue weighted by molar-refractivity contribution is 0.219. The van der Waals surface area contributed by atoms with Crippen LogP contribution in [0, 0.1) is 5.82 Å². The molecule has 2 heterocycles. The number of halogens is 1. The van der Waals surface area contributed by atoms with Gasteiger partial charge < -0.3 is 5.11 Å². The molecule has 0 bridgehead atoms. The predicted octanol–water partition coefficient (Wildman–Crippen LogP) is 2.85. The maximum Gasteiger partial charge on any atom is 0.141 e. The number of hydrogen-bond donors (Lipinski definition) is 1. The van der Waals surface area contributed by atoms with Gasteiger partial charge in [-0.2, -0.15) is 0 Å². The van der Waals surface area contributed by atoms with Crippen molar-refractivity contribution in [2.45, 2.75) is 6.10 Å². The average Bonchev–Trinajstić information content (AvgIpc) is 2.46. The van der Waals surface area contributed by atoms with Crippen molar-refractivity contribution in [3.63, 3.8) is 0 Å². The van der Waals surface area contributed by atoms with Crippen LogP contribution in [0.1, 0.15) is 17.2 Å². The zero-order valence-electron chi connectivity index (χ0n) is 9.99. The normalized spacial score (nSPS) is 12.5. The molecule has 0 aliphatic rings. The van der Waals surface area contributed by atoms with Gasteiger partial charge in [-0.1, -0.05) is 18.2 Å². The molecule has 4 heteroatoms. The number of pyridine rings is 2. The number of nitrogens with zero attached hydrogens (tertiary/aromatic N) is 2. The zero-order valence-corrected chi connectivity index (χ0v) is 9.99. The summed E-state index contributed by atoms with van der Waals surface area (Å²) in [5, 5.41) is 11.2. The SMILES string of the molecule is OC(c1cncc(F)c1)c1ccc2cccnc2c1. The molecule has 0 aliphatic carbocycles. The third-order valence-corrected chi connectivity index (χ3v) is 2.99. The van der Waals surface area contributed by atoms with E-state index in [1.54, 1.807) is 18.3 Å². The molecule has 19 heavy (non-hydrogen) atoms. The summed E-state index contributed by atoms with van der Waals surface area (Å²) in [7, 11) is 0. The van der Waals surface area contributed by atoms with Crippen molar-refractivity contribution in [2.24, 2.45) is 0 Å². The molecule has 0 amide bonds. The van der Waals surface area contributed by atoms with E-state index in [-0.39, 0.29) is 0 Å². The molecule has 1 N–H and O–H groups in total. The minimum Gasteiger partial charge on any atom is -0.384 e. The van der Waals surface area contributed by atoms with Gasteiger partial charge in [-0.25, -0.2) is 4.39 Å². The molecule has 3 aromatic rings. The number of benzene rings is 1. The van der Waals surface area contributed by atoms with E-state index in [2.05, 4.69) is 9.97 Å². The van der Waals surface area contributed by atoms with Crippen LogP contribution in [-0.2, 0) is 0 Å². The Morgan fingerprint density at radius 3 is 2.79 bits per heavy atom. The monoisotopic (exact) mass is 254 g/mol. The first-order valence-corrected chi connectivity index (χ1v) is 5.87. The second kappa shape index (κ2) is 4.74. The summed E-state index contributed by atoms with van der Waals surface area (Å²) in [4.78, 5) is 7.98. The summed E-state index contributed by atoms with van der Waals surface area (Å²) < 4.78 is 13.1. The van der Waals surface area contributed by atoms with Crippen molar-refractivity contribution in [3.8, 4) is 0 Å². The van der Waals surface area contributed by atoms with Crippen LogP contribution in [0.2, 0.25) is 0 Å². The van der Waals surface area contributed by atoms with Crippen LogP contribution in [0.3, 0.4) is 0 Å². The van der Waals surface area contributed by atoms with E-state index >= 15 is 0 Å². The van der Waals surface area contributed by atoms with Crippen LogP contribution >= 0.6 is 0 Å². The fourth-order valence-electron chi connectivity index (χ4n) is 2.02. The van der Waals surface area contributed by atoms with Gasteiger partial charge in [0.05, 0.1) is 11.7 Å². The van der Waals surface area contributed by atoms with Crippen molar-refractivity contribution in [1.82, 2.24) is 9.97 Å². The van der Waals surface area contributed by atoms with Crippen molar-refractivity contribution < 1.29 is 9.50 Å². The number of aliphatic hydroxyl groups is 1. The summed E-state index contributed by atoms with van der Waals surface area (Å²) in [6.07, 6.45) is 3.35. The van der Waals surface area contributed by atoms with E-state index in [0.717, 1.165) is 17.1 Å². The second-order valence-corrected chi connectivity index (χ2v) is 4.29. The Kier molecular flexibility index (Phi) is 2.93. The lowest BCUT2D eigenvalue weighted by Gasteiger charge is -2.11. The highest BCUT2D eigenvalue weighted by Gasteiger charge is 2.12. The molecule has 0 fully saturated rings. The van der Waals surface area contributed by atoms with Gasteiger partial charge in [0.15, 0.2) is 0 Å². The van der Waals surface area contributed by atoms with Gasteiger partial charge in [0.25, 0.3) is 0 Å². The van der Waals surface area contributed by atoms with Gasteiger partial charge in [0, 0.05) is 23.3 Å². The first-order chi connectivity index (χ1) is 9.24. The molecule has 1 atom stereocenters. The molecule has 0 spiro atoms. The van der Waals surface area contributed by atoms with Gasteiger partial charge in [-0.05, 0) is 23.8 Å². The van der Waals surface area contributed by atoms with Gasteiger partial charge in [0.2, 0.25) is 0 Å². The van der Waals surface area contributed by atoms with Crippen molar-refractivity contribution in [3.05, 3.63) is 71.9 Å². The molecule has 3 rings (SSSR count). The third-order valence-electron chi connectivity index (χ3n) is 2.99. The number of aliphatic hydroxyl groups excluding tert-OH is 1. The number of hydrogen-bond acceptors (Lipinski definition) is 3. The Bertz CT molecular complexity index is 730. The number of rotatable bonds is 2. The van der Waals surface area contributed by atoms with Gasteiger partial charge in [0.1, 0.15) is 11.9 Å². The Morgan fingerprint density at radius 2 is 1.95 bits per heavy atom. The summed E-state index contributed by atoms with van der Waals surface area (Å²) >= 11 is 0. The van der Waals surface area contributed by atoms with Crippen LogP contribution in [0.25, 0.3) is 10.9 Å². The van der Waals surface area contributed by atoms with Crippen LogP contribution in [-0.4, -0.2) is 15.1 Å². The van der Waals surface area contributed by atoms with Crippen LogP contribution in [0.5, 0.6) is 0 Å². The van der Waals surface area contributed by atoms with Gasteiger partial charge in [-0.15, -0.1) is 0 Å². The van der Waals surface area contributed by atoms with Crippen molar-refractivity contribution in [2.75, 3.05) is 0 Å². The van der Waals surface area contributed by atoms with E-state index in [1.807, 2.05) is 18.2 Å². The molecule has 0 saturated heterocycles. The molecule has 94 valence electrons. The first kappa shape index (κ1) is 11.7. The largest absolute Gasteiger partial charge is 0.384 e. The Balaban J connectivity index is 2.04. The summed E-state index contributed by atoms with van der Waals surface area (Å²) in [6.45, 7) is 0. The Hall–Kier alpha value is -2.33. The highest BCUT2D eigenvalue weighted by molar-refractivity contribution is 5.79. The van der Waals surface area contributed by atoms with Gasteiger partial charge in [-0.3, -0.25) is 9.97 Å². The highest BCUT2D eigenvalue weighted by Crippen LogP contribution is 2.24. The number of fused-ring (bicyclic) bond motifs is 1. The van der Waals surface area contributed by atoms with E-state index in [1.165, 1.54) is 12.3 Å². The fraction of sp³-hybridized carbons (Fsp3) is 0.0667. The molecule has 0 saturated carbocycles. The molecular weight excluding hydrogens is 243 g/mol. The topological polar surface area (TPSA) is 46.0 Å². The smallest absolute Gasteiger partial charge is 0.141 e. The summed E-state index contributed by atoms with van der Waals surface area (Å²) in [5.41, 5.74) is 1.89. The van der Waals surface area contributed by atoms with Crippen LogP contribution < -0.4 is 0 Å². The maximum absolute atomic E-state index is 13.1. The van der Waals surface area contributed by atoms with E-state index in [0.29, 0.717) is 11.1 Å². The summed E-state index contributed by atoms with van der Waals surface area (Å²) in [6, 6.07) is 10.6. The Labute approximate surface area is 109 Å². The van der Waals surface area contributed by atoms with Crippen molar-refractivity contribution in [1.29, 1.82) is 0 Å². The van der Waals surface area contributed by atoms with Crippen molar-refractivity contribution >= 4 is 10.9 Å². The van der Waals surface area contributed by atoms with E-state index in [4.69, 9.17) is 0 Å². The van der Waals surface area contributed by atoms with E-state index in [9.17, 15) is 9.50 Å². The standard InChI is InChI=1S/C15H11FN2O/c16-13-6-12(8-17-9-13)15(19)11-4-3-10-2-1-5-18-14(10)7-11/h1-9,15,19H. The lowest BCUT2D eigenvalue weighted by Crippen LogP contribution is -2.01. The molecule has 0 aliphatic heterocycles. The molecule has 2 aromatic heterocycles. The minimum atomic E-state index is -0.908. The molecule has 0 radical (unpaired) electrons. The van der Waals surface area contributed by atoms with Gasteiger partial charge >= 0.3 is 0 Å². The Morgan fingerprint density at radius 1 is 1.05 bits per heavy atom. The molecule has 1 aromatic carbocycles. The summed E-state index contributed by atoms with van der Waals surface area (Å²) in [5.74, 6) is -0.463. The molecular formula is C15H11FN2O. The lowest BCUT2D eigenvalue weighted by atomic mass is 10.0. The second-order valence-electron chi connectivity index (χ2n) is 4.29. The third kappa shape index (κ3) is 2.30. The average molecular weight is 254 g/mol. The minimum absolute atomic E-state index is 0.426. The molecule has 1 unspecified atom stereocenters. The maximum atomic E-state index is 13.1. The first-order valence-electron chi connectivity index (χ1n) is 5.87. The highest BCUT2D eigenvalue weighted by atomic mass is 19.1.